The first-order valence-corrected chi connectivity index (χ1v) is 12.2. The Hall–Kier alpha value is -1.04. The van der Waals surface area contributed by atoms with E-state index in [1.165, 1.54) is 19.9 Å². The van der Waals surface area contributed by atoms with Crippen LogP contribution in [-0.4, -0.2) is 85.1 Å². The molecule has 11 heteroatoms. The summed E-state index contributed by atoms with van der Waals surface area (Å²) >= 11 is 7.04. The molecule has 162 valence electrons. The molecule has 2 fully saturated rings. The van der Waals surface area contributed by atoms with Crippen molar-refractivity contribution in [1.29, 1.82) is 0 Å². The Morgan fingerprint density at radius 2 is 1.69 bits per heavy atom. The highest BCUT2D eigenvalue weighted by Crippen LogP contribution is 2.23. The Morgan fingerprint density at radius 1 is 1.07 bits per heavy atom. The predicted molar refractivity (Wildman–Crippen MR) is 112 cm³/mol. The third kappa shape index (κ3) is 5.56. The molecule has 0 aromatic carbocycles. The number of piperazine rings is 1. The molecule has 2 atom stereocenters. The first kappa shape index (κ1) is 22.6. The van der Waals surface area contributed by atoms with Gasteiger partial charge in [0, 0.05) is 52.1 Å². The van der Waals surface area contributed by atoms with Crippen molar-refractivity contribution < 1.29 is 22.7 Å². The largest absolute Gasteiger partial charge is 0.373 e. The number of hydrogen-bond acceptors (Lipinski definition) is 6. The molecule has 1 aromatic rings. The third-order valence-corrected chi connectivity index (χ3v) is 8.28. The maximum absolute atomic E-state index is 12.9. The second-order valence-electron chi connectivity index (χ2n) is 7.39. The zero-order valence-corrected chi connectivity index (χ0v) is 18.9. The van der Waals surface area contributed by atoms with Gasteiger partial charge in [0.25, 0.3) is 10.2 Å². The van der Waals surface area contributed by atoms with Gasteiger partial charge >= 0.3 is 0 Å². The molecule has 29 heavy (non-hydrogen) atoms. The highest BCUT2D eigenvalue weighted by Gasteiger charge is 2.37. The first-order chi connectivity index (χ1) is 13.7. The van der Waals surface area contributed by atoms with Gasteiger partial charge in [-0.25, -0.2) is 0 Å². The maximum atomic E-state index is 12.9. The fourth-order valence-corrected chi connectivity index (χ4v) is 6.38. The lowest BCUT2D eigenvalue weighted by atomic mass is 10.1. The maximum Gasteiger partial charge on any atom is 0.282 e. The molecule has 0 aliphatic carbocycles. The third-order valence-electron chi connectivity index (χ3n) is 5.04. The number of carbonyl (C=O) groups excluding carboxylic acids is 2. The number of Topliss-reactive ketones (excluding diaryl/α,β-unsaturated/α-hetero) is 1. The van der Waals surface area contributed by atoms with Crippen LogP contribution >= 0.6 is 22.9 Å². The van der Waals surface area contributed by atoms with E-state index in [1.807, 2.05) is 13.8 Å². The number of rotatable bonds is 6. The summed E-state index contributed by atoms with van der Waals surface area (Å²) in [6, 6.07) is 3.33. The minimum atomic E-state index is -3.58. The Bertz CT molecular complexity index is 841. The molecule has 0 N–H and O–H groups in total. The number of amides is 1. The summed E-state index contributed by atoms with van der Waals surface area (Å²) in [5.41, 5.74) is 0. The van der Waals surface area contributed by atoms with Gasteiger partial charge in [0.05, 0.1) is 21.4 Å². The van der Waals surface area contributed by atoms with Gasteiger partial charge in [-0.2, -0.15) is 17.0 Å². The van der Waals surface area contributed by atoms with E-state index in [9.17, 15) is 18.0 Å². The number of halogens is 1. The summed E-state index contributed by atoms with van der Waals surface area (Å²) in [4.78, 5) is 26.8. The normalized spacial score (nSPS) is 24.6. The molecule has 0 saturated carbocycles. The number of carbonyl (C=O) groups is 2. The summed E-state index contributed by atoms with van der Waals surface area (Å²) in [5, 5.41) is 0. The van der Waals surface area contributed by atoms with Crippen molar-refractivity contribution in [3.8, 4) is 0 Å². The van der Waals surface area contributed by atoms with E-state index in [0.29, 0.717) is 35.4 Å². The summed E-state index contributed by atoms with van der Waals surface area (Å²) < 4.78 is 34.9. The van der Waals surface area contributed by atoms with Gasteiger partial charge in [-0.3, -0.25) is 9.59 Å². The lowest BCUT2D eigenvalue weighted by Gasteiger charge is -2.40. The van der Waals surface area contributed by atoms with Crippen molar-refractivity contribution in [2.75, 3.05) is 39.3 Å². The quantitative estimate of drug-likeness (QED) is 0.601. The van der Waals surface area contributed by atoms with Crippen LogP contribution in [0.15, 0.2) is 12.1 Å². The van der Waals surface area contributed by atoms with Crippen LogP contribution in [0.1, 0.15) is 36.4 Å². The van der Waals surface area contributed by atoms with Gasteiger partial charge in [0.1, 0.15) is 0 Å². The van der Waals surface area contributed by atoms with Crippen molar-refractivity contribution in [2.24, 2.45) is 0 Å². The summed E-state index contributed by atoms with van der Waals surface area (Å²) in [6.07, 6.45) is -0.0588. The molecule has 2 saturated heterocycles. The molecule has 1 amide bonds. The van der Waals surface area contributed by atoms with Crippen LogP contribution in [0.2, 0.25) is 4.34 Å². The van der Waals surface area contributed by atoms with Crippen molar-refractivity contribution in [3.05, 3.63) is 21.3 Å². The van der Waals surface area contributed by atoms with Crippen LogP contribution in [0, 0.1) is 0 Å². The molecule has 2 aliphatic rings. The molecular weight excluding hydrogens is 438 g/mol. The number of hydrogen-bond donors (Lipinski definition) is 0. The average Bonchev–Trinajstić information content (AvgIpc) is 3.11. The lowest BCUT2D eigenvalue weighted by molar-refractivity contribution is -0.132. The SMILES string of the molecule is CC1CN(S(=O)(=O)N2CCN(C(=O)CCC(=O)c3ccc(Cl)s3)CC2)CC(C)O1. The van der Waals surface area contributed by atoms with Crippen LogP contribution in [0.4, 0.5) is 0 Å². The van der Waals surface area contributed by atoms with E-state index in [4.69, 9.17) is 16.3 Å². The van der Waals surface area contributed by atoms with Gasteiger partial charge < -0.3 is 9.64 Å². The zero-order valence-electron chi connectivity index (χ0n) is 16.5. The lowest BCUT2D eigenvalue weighted by Crippen LogP contribution is -2.57. The fraction of sp³-hybridized carbons (Fsp3) is 0.667. The molecule has 0 radical (unpaired) electrons. The molecule has 0 bridgehead atoms. The Labute approximate surface area is 180 Å². The van der Waals surface area contributed by atoms with E-state index in [1.54, 1.807) is 17.0 Å². The van der Waals surface area contributed by atoms with Crippen molar-refractivity contribution in [3.63, 3.8) is 0 Å². The van der Waals surface area contributed by atoms with E-state index in [2.05, 4.69) is 0 Å². The number of ether oxygens (including phenoxy) is 1. The fourth-order valence-electron chi connectivity index (χ4n) is 3.62. The van der Waals surface area contributed by atoms with Crippen LogP contribution in [0.5, 0.6) is 0 Å². The standard InChI is InChI=1S/C18H26ClN3O5S2/c1-13-11-22(12-14(2)27-13)29(25,26)21-9-7-20(8-10-21)18(24)6-3-15(23)16-4-5-17(19)28-16/h4-5,13-14H,3,6-12H2,1-2H3. The average molecular weight is 464 g/mol. The Kier molecular flexibility index (Phi) is 7.34. The second kappa shape index (κ2) is 9.40. The molecule has 0 spiro atoms. The number of thiophene rings is 1. The highest BCUT2D eigenvalue weighted by atomic mass is 35.5. The molecule has 3 rings (SSSR count). The van der Waals surface area contributed by atoms with E-state index < -0.39 is 10.2 Å². The number of nitrogens with zero attached hydrogens (tertiary/aromatic N) is 3. The number of ketones is 1. The second-order valence-corrected chi connectivity index (χ2v) is 11.0. The minimum absolute atomic E-state index is 0.105. The van der Waals surface area contributed by atoms with Crippen LogP contribution < -0.4 is 0 Å². The van der Waals surface area contributed by atoms with Crippen molar-refractivity contribution in [2.45, 2.75) is 38.9 Å². The zero-order chi connectivity index (χ0) is 21.2. The summed E-state index contributed by atoms with van der Waals surface area (Å²) in [7, 11) is -3.58. The van der Waals surface area contributed by atoms with Crippen LogP contribution in [0.3, 0.4) is 0 Å². The van der Waals surface area contributed by atoms with Crippen LogP contribution in [-0.2, 0) is 19.7 Å². The predicted octanol–water partition coefficient (Wildman–Crippen LogP) is 1.86. The van der Waals surface area contributed by atoms with E-state index >= 15 is 0 Å². The van der Waals surface area contributed by atoms with E-state index in [0.717, 1.165) is 0 Å². The van der Waals surface area contributed by atoms with Gasteiger partial charge in [0.2, 0.25) is 5.91 Å². The highest BCUT2D eigenvalue weighted by molar-refractivity contribution is 7.86. The first-order valence-electron chi connectivity index (χ1n) is 9.64. The van der Waals surface area contributed by atoms with Gasteiger partial charge in [0.15, 0.2) is 5.78 Å². The summed E-state index contributed by atoms with van der Waals surface area (Å²) in [5.74, 6) is -0.237. The van der Waals surface area contributed by atoms with Gasteiger partial charge in [-0.1, -0.05) is 11.6 Å². The summed E-state index contributed by atoms with van der Waals surface area (Å²) in [6.45, 7) is 5.55. The van der Waals surface area contributed by atoms with Crippen LogP contribution in [0.25, 0.3) is 0 Å². The van der Waals surface area contributed by atoms with E-state index in [-0.39, 0.29) is 49.8 Å². The Morgan fingerprint density at radius 3 is 2.24 bits per heavy atom. The van der Waals surface area contributed by atoms with Crippen molar-refractivity contribution >= 4 is 44.8 Å². The molecule has 8 nitrogen and oxygen atoms in total. The number of morpholine rings is 1. The molecule has 1 aromatic heterocycles. The molecular formula is C18H26ClN3O5S2. The van der Waals surface area contributed by atoms with Crippen molar-refractivity contribution in [1.82, 2.24) is 13.5 Å². The molecule has 2 aliphatic heterocycles. The molecule has 2 unspecified atom stereocenters. The minimum Gasteiger partial charge on any atom is -0.373 e. The van der Waals surface area contributed by atoms with Gasteiger partial charge in [-0.05, 0) is 26.0 Å². The Balaban J connectivity index is 1.49. The van der Waals surface area contributed by atoms with Gasteiger partial charge in [-0.15, -0.1) is 11.3 Å². The smallest absolute Gasteiger partial charge is 0.282 e. The topological polar surface area (TPSA) is 87.2 Å². The molecule has 3 heterocycles. The monoisotopic (exact) mass is 463 g/mol.